The molecule has 0 spiro atoms. The van der Waals surface area contributed by atoms with E-state index in [0.717, 1.165) is 11.1 Å². The average Bonchev–Trinajstić information content (AvgIpc) is 2.40. The summed E-state index contributed by atoms with van der Waals surface area (Å²) in [6.45, 7) is 1.95. The first-order valence-electron chi connectivity index (χ1n) is 5.85. The summed E-state index contributed by atoms with van der Waals surface area (Å²) in [4.78, 5) is 0. The van der Waals surface area contributed by atoms with Crippen molar-refractivity contribution in [2.75, 3.05) is 0 Å². The fraction of sp³-hybridized carbons (Fsp3) is 0.188. The number of hydrogen-bond acceptors (Lipinski definition) is 1. The molecule has 0 fully saturated rings. The zero-order valence-electron chi connectivity index (χ0n) is 10.2. The largest absolute Gasteiger partial charge is 0.197 e. The van der Waals surface area contributed by atoms with E-state index in [1.165, 1.54) is 0 Å². The molecule has 1 atom stereocenters. The first kappa shape index (κ1) is 12.7. The summed E-state index contributed by atoms with van der Waals surface area (Å²) in [5.74, 6) is 0. The van der Waals surface area contributed by atoms with Crippen molar-refractivity contribution >= 4 is 11.6 Å². The Bertz CT molecular complexity index is 571. The first-order valence-corrected chi connectivity index (χ1v) is 6.23. The number of halogens is 1. The summed E-state index contributed by atoms with van der Waals surface area (Å²) in [5, 5.41) is 10.2. The van der Waals surface area contributed by atoms with Crippen LogP contribution >= 0.6 is 11.6 Å². The van der Waals surface area contributed by atoms with Gasteiger partial charge in [-0.05, 0) is 36.6 Å². The van der Waals surface area contributed by atoms with Crippen molar-refractivity contribution in [3.8, 4) is 6.07 Å². The van der Waals surface area contributed by atoms with Crippen molar-refractivity contribution in [2.24, 2.45) is 0 Å². The Kier molecular flexibility index (Phi) is 3.69. The number of rotatable bonds is 3. The van der Waals surface area contributed by atoms with E-state index in [9.17, 15) is 5.26 Å². The SMILES string of the molecule is CC(C#N)(Cc1ccccc1)c1cccc(Cl)c1. The van der Waals surface area contributed by atoms with Gasteiger partial charge >= 0.3 is 0 Å². The van der Waals surface area contributed by atoms with E-state index in [0.29, 0.717) is 11.4 Å². The molecule has 0 radical (unpaired) electrons. The molecule has 90 valence electrons. The van der Waals surface area contributed by atoms with Crippen LogP contribution in [-0.4, -0.2) is 0 Å². The molecule has 0 N–H and O–H groups in total. The molecule has 0 saturated carbocycles. The van der Waals surface area contributed by atoms with Gasteiger partial charge in [0.1, 0.15) is 0 Å². The highest BCUT2D eigenvalue weighted by Gasteiger charge is 2.26. The van der Waals surface area contributed by atoms with Crippen LogP contribution in [0.3, 0.4) is 0 Å². The molecule has 0 bridgehead atoms. The molecule has 0 aromatic heterocycles. The Balaban J connectivity index is 2.35. The molecule has 18 heavy (non-hydrogen) atoms. The Morgan fingerprint density at radius 3 is 2.44 bits per heavy atom. The summed E-state index contributed by atoms with van der Waals surface area (Å²) in [5.41, 5.74) is 1.56. The van der Waals surface area contributed by atoms with Gasteiger partial charge in [-0.2, -0.15) is 5.26 Å². The van der Waals surface area contributed by atoms with Gasteiger partial charge in [0.2, 0.25) is 0 Å². The minimum Gasteiger partial charge on any atom is -0.197 e. The van der Waals surface area contributed by atoms with Crippen LogP contribution in [-0.2, 0) is 11.8 Å². The molecule has 2 aromatic carbocycles. The van der Waals surface area contributed by atoms with Crippen molar-refractivity contribution in [2.45, 2.75) is 18.8 Å². The summed E-state index contributed by atoms with van der Waals surface area (Å²) in [6.07, 6.45) is 0.685. The fourth-order valence-corrected chi connectivity index (χ4v) is 2.23. The van der Waals surface area contributed by atoms with Crippen molar-refractivity contribution in [3.05, 3.63) is 70.7 Å². The maximum atomic E-state index is 9.50. The van der Waals surface area contributed by atoms with Gasteiger partial charge in [0, 0.05) is 5.02 Å². The molecular formula is C16H14ClN. The molecule has 0 amide bonds. The van der Waals surface area contributed by atoms with Gasteiger partial charge in [-0.25, -0.2) is 0 Å². The lowest BCUT2D eigenvalue weighted by molar-refractivity contribution is 0.606. The smallest absolute Gasteiger partial charge is 0.0835 e. The van der Waals surface area contributed by atoms with Gasteiger partial charge in [0.05, 0.1) is 11.5 Å². The predicted octanol–water partition coefficient (Wildman–Crippen LogP) is 4.36. The van der Waals surface area contributed by atoms with Crippen LogP contribution in [0.5, 0.6) is 0 Å². The van der Waals surface area contributed by atoms with Crippen molar-refractivity contribution < 1.29 is 0 Å². The summed E-state index contributed by atoms with van der Waals surface area (Å²) in [7, 11) is 0. The average molecular weight is 256 g/mol. The third-order valence-corrected chi connectivity index (χ3v) is 3.34. The maximum absolute atomic E-state index is 9.50. The van der Waals surface area contributed by atoms with Gasteiger partial charge < -0.3 is 0 Å². The van der Waals surface area contributed by atoms with Crippen LogP contribution in [0.1, 0.15) is 18.1 Å². The molecule has 2 heteroatoms. The topological polar surface area (TPSA) is 23.8 Å². The second kappa shape index (κ2) is 5.25. The molecule has 0 aliphatic carbocycles. The Morgan fingerprint density at radius 2 is 1.83 bits per heavy atom. The third kappa shape index (κ3) is 2.72. The van der Waals surface area contributed by atoms with Crippen molar-refractivity contribution in [1.82, 2.24) is 0 Å². The van der Waals surface area contributed by atoms with E-state index >= 15 is 0 Å². The Hall–Kier alpha value is -1.78. The maximum Gasteiger partial charge on any atom is 0.0835 e. The van der Waals surface area contributed by atoms with Crippen LogP contribution < -0.4 is 0 Å². The highest BCUT2D eigenvalue weighted by molar-refractivity contribution is 6.30. The zero-order chi connectivity index (χ0) is 13.0. The lowest BCUT2D eigenvalue weighted by Gasteiger charge is -2.22. The van der Waals surface area contributed by atoms with Gasteiger partial charge in [0.15, 0.2) is 0 Å². The zero-order valence-corrected chi connectivity index (χ0v) is 11.0. The summed E-state index contributed by atoms with van der Waals surface area (Å²) < 4.78 is 0. The second-order valence-corrected chi connectivity index (χ2v) is 5.05. The normalized spacial score (nSPS) is 13.6. The molecule has 2 aromatic rings. The van der Waals surface area contributed by atoms with Gasteiger partial charge in [-0.3, -0.25) is 0 Å². The van der Waals surface area contributed by atoms with E-state index < -0.39 is 5.41 Å². The van der Waals surface area contributed by atoms with Crippen LogP contribution in [0, 0.1) is 11.3 Å². The number of benzene rings is 2. The van der Waals surface area contributed by atoms with E-state index in [2.05, 4.69) is 6.07 Å². The van der Waals surface area contributed by atoms with Crippen LogP contribution in [0.25, 0.3) is 0 Å². The second-order valence-electron chi connectivity index (χ2n) is 4.62. The standard InChI is InChI=1S/C16H14ClN/c1-16(12-18,11-13-6-3-2-4-7-13)14-8-5-9-15(17)10-14/h2-10H,11H2,1H3. The number of nitrogens with zero attached hydrogens (tertiary/aromatic N) is 1. The molecule has 2 rings (SSSR count). The lowest BCUT2D eigenvalue weighted by Crippen LogP contribution is -2.22. The lowest BCUT2D eigenvalue weighted by atomic mass is 9.79. The van der Waals surface area contributed by atoms with Crippen LogP contribution in [0.15, 0.2) is 54.6 Å². The van der Waals surface area contributed by atoms with Gasteiger partial charge in [0.25, 0.3) is 0 Å². The number of nitriles is 1. The highest BCUT2D eigenvalue weighted by atomic mass is 35.5. The van der Waals surface area contributed by atoms with E-state index in [1.54, 1.807) is 0 Å². The number of hydrogen-bond donors (Lipinski definition) is 0. The third-order valence-electron chi connectivity index (χ3n) is 3.11. The van der Waals surface area contributed by atoms with Crippen molar-refractivity contribution in [3.63, 3.8) is 0 Å². The molecular weight excluding hydrogens is 242 g/mol. The Labute approximate surface area is 113 Å². The summed E-state index contributed by atoms with van der Waals surface area (Å²) in [6, 6.07) is 20.0. The minimum atomic E-state index is -0.549. The molecule has 1 unspecified atom stereocenters. The molecule has 0 aliphatic rings. The van der Waals surface area contributed by atoms with E-state index in [1.807, 2.05) is 61.5 Å². The van der Waals surface area contributed by atoms with E-state index in [-0.39, 0.29) is 0 Å². The fourth-order valence-electron chi connectivity index (χ4n) is 2.04. The quantitative estimate of drug-likeness (QED) is 0.799. The molecule has 1 nitrogen and oxygen atoms in total. The van der Waals surface area contributed by atoms with E-state index in [4.69, 9.17) is 11.6 Å². The molecule has 0 saturated heterocycles. The van der Waals surface area contributed by atoms with Crippen LogP contribution in [0.2, 0.25) is 5.02 Å². The van der Waals surface area contributed by atoms with Gasteiger partial charge in [-0.15, -0.1) is 0 Å². The first-order chi connectivity index (χ1) is 8.64. The predicted molar refractivity (Wildman–Crippen MR) is 74.6 cm³/mol. The monoisotopic (exact) mass is 255 g/mol. The van der Waals surface area contributed by atoms with Crippen molar-refractivity contribution in [1.29, 1.82) is 5.26 Å². The Morgan fingerprint density at radius 1 is 1.11 bits per heavy atom. The highest BCUT2D eigenvalue weighted by Crippen LogP contribution is 2.29. The molecule has 0 aliphatic heterocycles. The molecule has 0 heterocycles. The van der Waals surface area contributed by atoms with Crippen LogP contribution in [0.4, 0.5) is 0 Å². The van der Waals surface area contributed by atoms with Gasteiger partial charge in [-0.1, -0.05) is 54.1 Å². The minimum absolute atomic E-state index is 0.549. The summed E-state index contributed by atoms with van der Waals surface area (Å²) >= 11 is 6.00.